The highest BCUT2D eigenvalue weighted by molar-refractivity contribution is 6.41. The minimum atomic E-state index is -0.322. The molecule has 1 heterocycles. The molecule has 1 aromatic carbocycles. The lowest BCUT2D eigenvalue weighted by atomic mass is 9.73. The molecule has 1 aliphatic carbocycles. The van der Waals surface area contributed by atoms with Crippen LogP contribution < -0.4 is 5.32 Å². The van der Waals surface area contributed by atoms with Gasteiger partial charge < -0.3 is 5.32 Å². The molecule has 4 nitrogen and oxygen atoms in total. The number of aryl methyl sites for hydroxylation is 1. The van der Waals surface area contributed by atoms with Crippen LogP contribution in [0.2, 0.25) is 0 Å². The Bertz CT molecular complexity index is 792. The van der Waals surface area contributed by atoms with Crippen LogP contribution in [0.1, 0.15) is 43.3 Å². The van der Waals surface area contributed by atoms with Crippen molar-refractivity contribution in [1.82, 2.24) is 15.1 Å². The molecule has 5 heteroatoms. The fourth-order valence-corrected chi connectivity index (χ4v) is 3.59. The number of nitrogens with zero attached hydrogens (tertiary/aromatic N) is 2. The molecule has 3 rings (SSSR count). The fraction of sp³-hybridized carbons (Fsp3) is 0.368. The molecule has 1 aliphatic rings. The lowest BCUT2D eigenvalue weighted by Gasteiger charge is -2.36. The molecule has 1 amide bonds. The Hall–Kier alpha value is -2.07. The van der Waals surface area contributed by atoms with E-state index in [9.17, 15) is 4.79 Å². The highest BCUT2D eigenvalue weighted by atomic mass is 35.5. The van der Waals surface area contributed by atoms with Gasteiger partial charge in [-0.1, -0.05) is 50.2 Å². The first kappa shape index (κ1) is 16.8. The molecule has 2 aromatic rings. The summed E-state index contributed by atoms with van der Waals surface area (Å²) in [4.78, 5) is 12.1. The zero-order valence-corrected chi connectivity index (χ0v) is 15.0. The number of benzene rings is 1. The van der Waals surface area contributed by atoms with Crippen molar-refractivity contribution >= 4 is 17.5 Å². The van der Waals surface area contributed by atoms with Gasteiger partial charge in [-0.25, -0.2) is 4.68 Å². The molecule has 1 atom stereocenters. The van der Waals surface area contributed by atoms with E-state index in [1.807, 2.05) is 41.9 Å². The second-order valence-electron chi connectivity index (χ2n) is 7.17. The number of amides is 1. The summed E-state index contributed by atoms with van der Waals surface area (Å²) in [5.74, 6) is -0.322. The Morgan fingerprint density at radius 2 is 2.04 bits per heavy atom. The Morgan fingerprint density at radius 3 is 2.67 bits per heavy atom. The predicted molar refractivity (Wildman–Crippen MR) is 96.3 cm³/mol. The standard InChI is InChI=1S/C19H22ClN3O/c1-12(20)18(24)21-15-10-19(3,4)11-16-17(15)13(2)22-23(16)14-8-6-5-7-9-14/h5-9,15H,1,10-11H2,2-4H3,(H,21,24). The summed E-state index contributed by atoms with van der Waals surface area (Å²) in [6, 6.07) is 9.98. The van der Waals surface area contributed by atoms with Crippen molar-refractivity contribution in [3.05, 3.63) is 58.9 Å². The highest BCUT2D eigenvalue weighted by Crippen LogP contribution is 2.42. The molecule has 0 saturated heterocycles. The van der Waals surface area contributed by atoms with Crippen LogP contribution >= 0.6 is 11.6 Å². The van der Waals surface area contributed by atoms with Gasteiger partial charge in [-0.3, -0.25) is 4.79 Å². The van der Waals surface area contributed by atoms with Gasteiger partial charge >= 0.3 is 0 Å². The van der Waals surface area contributed by atoms with Gasteiger partial charge in [-0.05, 0) is 37.3 Å². The topological polar surface area (TPSA) is 46.9 Å². The average molecular weight is 344 g/mol. The summed E-state index contributed by atoms with van der Waals surface area (Å²) in [7, 11) is 0. The van der Waals surface area contributed by atoms with E-state index in [-0.39, 0.29) is 22.4 Å². The highest BCUT2D eigenvalue weighted by Gasteiger charge is 2.37. The maximum absolute atomic E-state index is 12.1. The number of aromatic nitrogens is 2. The number of rotatable bonds is 3. The van der Waals surface area contributed by atoms with Crippen LogP contribution in [0.5, 0.6) is 0 Å². The smallest absolute Gasteiger partial charge is 0.262 e. The Balaban J connectivity index is 2.08. The Morgan fingerprint density at radius 1 is 1.38 bits per heavy atom. The van der Waals surface area contributed by atoms with E-state index in [2.05, 4.69) is 25.7 Å². The normalized spacial score (nSPS) is 18.8. The van der Waals surface area contributed by atoms with Crippen LogP contribution in [0.15, 0.2) is 41.9 Å². The summed E-state index contributed by atoms with van der Waals surface area (Å²) >= 11 is 5.76. The van der Waals surface area contributed by atoms with E-state index >= 15 is 0 Å². The minimum Gasteiger partial charge on any atom is -0.344 e. The van der Waals surface area contributed by atoms with Crippen molar-refractivity contribution in [2.45, 2.75) is 39.7 Å². The van der Waals surface area contributed by atoms with Gasteiger partial charge in [0.2, 0.25) is 0 Å². The van der Waals surface area contributed by atoms with Gasteiger partial charge in [0.15, 0.2) is 0 Å². The molecule has 1 aromatic heterocycles. The fourth-order valence-electron chi connectivity index (χ4n) is 3.53. The van der Waals surface area contributed by atoms with Crippen LogP contribution in [0.25, 0.3) is 5.69 Å². The summed E-state index contributed by atoms with van der Waals surface area (Å²) in [6.07, 6.45) is 1.75. The molecule has 1 unspecified atom stereocenters. The van der Waals surface area contributed by atoms with Crippen LogP contribution in [0, 0.1) is 12.3 Å². The molecule has 24 heavy (non-hydrogen) atoms. The first-order valence-corrected chi connectivity index (χ1v) is 8.45. The zero-order chi connectivity index (χ0) is 17.5. The number of carbonyl (C=O) groups is 1. The third-order valence-electron chi connectivity index (χ3n) is 4.51. The maximum Gasteiger partial charge on any atom is 0.262 e. The van der Waals surface area contributed by atoms with E-state index in [0.29, 0.717) is 0 Å². The van der Waals surface area contributed by atoms with E-state index in [1.54, 1.807) is 0 Å². The molecular weight excluding hydrogens is 322 g/mol. The van der Waals surface area contributed by atoms with Crippen molar-refractivity contribution in [3.8, 4) is 5.69 Å². The van der Waals surface area contributed by atoms with Crippen LogP contribution in [-0.2, 0) is 11.2 Å². The van der Waals surface area contributed by atoms with Crippen LogP contribution in [0.4, 0.5) is 0 Å². The van der Waals surface area contributed by atoms with Crippen molar-refractivity contribution in [2.75, 3.05) is 0 Å². The average Bonchev–Trinajstić information content (AvgIpc) is 2.83. The number of hydrogen-bond acceptors (Lipinski definition) is 2. The van der Waals surface area contributed by atoms with Gasteiger partial charge in [0.05, 0.1) is 28.1 Å². The van der Waals surface area contributed by atoms with Crippen molar-refractivity contribution in [1.29, 1.82) is 0 Å². The van der Waals surface area contributed by atoms with Gasteiger partial charge in [-0.2, -0.15) is 5.10 Å². The van der Waals surface area contributed by atoms with E-state index in [4.69, 9.17) is 16.7 Å². The maximum atomic E-state index is 12.1. The SMILES string of the molecule is C=C(Cl)C(=O)NC1CC(C)(C)Cc2c1c(C)nn2-c1ccccc1. The number of fused-ring (bicyclic) bond motifs is 1. The van der Waals surface area contributed by atoms with E-state index in [0.717, 1.165) is 35.5 Å². The second-order valence-corrected chi connectivity index (χ2v) is 7.63. The Labute approximate surface area is 147 Å². The molecular formula is C19H22ClN3O. The lowest BCUT2D eigenvalue weighted by Crippen LogP contribution is -2.37. The summed E-state index contributed by atoms with van der Waals surface area (Å²) in [6.45, 7) is 9.93. The van der Waals surface area contributed by atoms with Gasteiger partial charge in [0.1, 0.15) is 0 Å². The molecule has 0 fully saturated rings. The third kappa shape index (κ3) is 3.11. The van der Waals surface area contributed by atoms with E-state index < -0.39 is 0 Å². The monoisotopic (exact) mass is 343 g/mol. The van der Waals surface area contributed by atoms with Crippen molar-refractivity contribution in [3.63, 3.8) is 0 Å². The van der Waals surface area contributed by atoms with Crippen molar-refractivity contribution < 1.29 is 4.79 Å². The first-order valence-electron chi connectivity index (χ1n) is 8.07. The number of halogens is 1. The molecule has 126 valence electrons. The summed E-state index contributed by atoms with van der Waals surface area (Å²) in [5, 5.41) is 7.76. The molecule has 0 radical (unpaired) electrons. The number of nitrogens with one attached hydrogen (secondary N) is 1. The largest absolute Gasteiger partial charge is 0.344 e. The second kappa shape index (κ2) is 6.10. The number of carbonyl (C=O) groups excluding carboxylic acids is 1. The minimum absolute atomic E-state index is 0.00744. The van der Waals surface area contributed by atoms with Crippen molar-refractivity contribution in [2.24, 2.45) is 5.41 Å². The molecule has 0 aliphatic heterocycles. The third-order valence-corrected chi connectivity index (χ3v) is 4.68. The predicted octanol–water partition coefficient (Wildman–Crippen LogP) is 4.06. The molecule has 0 bridgehead atoms. The van der Waals surface area contributed by atoms with Crippen LogP contribution in [-0.4, -0.2) is 15.7 Å². The quantitative estimate of drug-likeness (QED) is 0.854. The van der Waals surface area contributed by atoms with E-state index in [1.165, 1.54) is 0 Å². The first-order chi connectivity index (χ1) is 11.3. The summed E-state index contributed by atoms with van der Waals surface area (Å²) < 4.78 is 2.00. The van der Waals surface area contributed by atoms with Gasteiger partial charge in [0.25, 0.3) is 5.91 Å². The number of hydrogen-bond donors (Lipinski definition) is 1. The molecule has 0 saturated carbocycles. The van der Waals surface area contributed by atoms with Gasteiger partial charge in [0, 0.05) is 5.56 Å². The van der Waals surface area contributed by atoms with Gasteiger partial charge in [-0.15, -0.1) is 0 Å². The molecule has 0 spiro atoms. The Kier molecular flexibility index (Phi) is 4.26. The summed E-state index contributed by atoms with van der Waals surface area (Å²) in [5.41, 5.74) is 4.28. The lowest BCUT2D eigenvalue weighted by molar-refractivity contribution is -0.117. The molecule has 1 N–H and O–H groups in total. The zero-order valence-electron chi connectivity index (χ0n) is 14.3. The number of para-hydroxylation sites is 1. The van der Waals surface area contributed by atoms with Crippen LogP contribution in [0.3, 0.4) is 0 Å².